The highest BCUT2D eigenvalue weighted by Crippen LogP contribution is 2.74. The van der Waals surface area contributed by atoms with Crippen LogP contribution in [0.5, 0.6) is 0 Å². The summed E-state index contributed by atoms with van der Waals surface area (Å²) in [7, 11) is 0. The molecule has 0 radical (unpaired) electrons. The second kappa shape index (κ2) is 2.46. The summed E-state index contributed by atoms with van der Waals surface area (Å²) in [5, 5.41) is 0. The van der Waals surface area contributed by atoms with Crippen molar-refractivity contribution in [2.75, 3.05) is 0 Å². The summed E-state index contributed by atoms with van der Waals surface area (Å²) in [5.41, 5.74) is -2.23. The third-order valence-corrected chi connectivity index (χ3v) is 6.30. The van der Waals surface area contributed by atoms with Gasteiger partial charge in [-0.3, -0.25) is 0 Å². The minimum Gasteiger partial charge on any atom is -0.237 e. The van der Waals surface area contributed by atoms with Crippen LogP contribution in [-0.2, 0) is 0 Å². The van der Waals surface area contributed by atoms with E-state index in [1.165, 1.54) is 0 Å². The van der Waals surface area contributed by atoms with E-state index >= 15 is 0 Å². The summed E-state index contributed by atoms with van der Waals surface area (Å²) in [6.07, 6.45) is 3.83. The molecular formula is C13H17F3. The molecule has 3 heteroatoms. The van der Waals surface area contributed by atoms with Crippen molar-refractivity contribution >= 4 is 0 Å². The van der Waals surface area contributed by atoms with Gasteiger partial charge in [-0.1, -0.05) is 0 Å². The van der Waals surface area contributed by atoms with E-state index in [4.69, 9.17) is 0 Å². The molecule has 4 aliphatic carbocycles. The van der Waals surface area contributed by atoms with E-state index in [0.29, 0.717) is 24.2 Å². The van der Waals surface area contributed by atoms with Gasteiger partial charge in [0.05, 0.1) is 0 Å². The van der Waals surface area contributed by atoms with Crippen molar-refractivity contribution in [2.24, 2.45) is 35.5 Å². The van der Waals surface area contributed by atoms with Crippen molar-refractivity contribution in [3.05, 3.63) is 0 Å². The fourth-order valence-electron chi connectivity index (χ4n) is 5.74. The topological polar surface area (TPSA) is 0 Å². The first-order valence-electron chi connectivity index (χ1n) is 6.51. The van der Waals surface area contributed by atoms with Gasteiger partial charge in [0.15, 0.2) is 5.67 Å². The molecular weight excluding hydrogens is 213 g/mol. The Kier molecular flexibility index (Phi) is 1.51. The van der Waals surface area contributed by atoms with Crippen LogP contribution in [0.25, 0.3) is 0 Å². The van der Waals surface area contributed by atoms with Gasteiger partial charge in [0.2, 0.25) is 0 Å². The number of hydrogen-bond acceptors (Lipinski definition) is 0. The lowest BCUT2D eigenvalue weighted by atomic mass is 9.65. The Morgan fingerprint density at radius 3 is 2.06 bits per heavy atom. The van der Waals surface area contributed by atoms with Gasteiger partial charge in [-0.2, -0.15) is 0 Å². The molecule has 4 fully saturated rings. The standard InChI is InChI=1S/C13H17F3/c1-12(14)8-5-9(13(12,15)16)11-7-3-2-6(4-7)10(8)11/h6-11H,2-5H2,1H3. The minimum absolute atomic E-state index is 0.155. The van der Waals surface area contributed by atoms with Crippen LogP contribution >= 0.6 is 0 Å². The molecule has 0 aliphatic heterocycles. The second-order valence-electron chi connectivity index (χ2n) is 6.64. The fourth-order valence-corrected chi connectivity index (χ4v) is 5.74. The molecule has 4 saturated carbocycles. The number of rotatable bonds is 0. The van der Waals surface area contributed by atoms with Crippen molar-refractivity contribution < 1.29 is 13.2 Å². The Morgan fingerprint density at radius 1 is 0.875 bits per heavy atom. The smallest absolute Gasteiger partial charge is 0.237 e. The number of fused-ring (bicyclic) bond motifs is 9. The van der Waals surface area contributed by atoms with Crippen LogP contribution in [0.4, 0.5) is 13.2 Å². The highest BCUT2D eigenvalue weighted by Gasteiger charge is 2.78. The lowest BCUT2D eigenvalue weighted by Gasteiger charge is -2.45. The van der Waals surface area contributed by atoms with Crippen molar-refractivity contribution in [2.45, 2.75) is 44.2 Å². The first kappa shape index (κ1) is 9.78. The maximum atomic E-state index is 14.3. The maximum absolute atomic E-state index is 14.3. The molecule has 0 heterocycles. The van der Waals surface area contributed by atoms with Crippen LogP contribution in [0, 0.1) is 35.5 Å². The van der Waals surface area contributed by atoms with Crippen molar-refractivity contribution in [3.8, 4) is 0 Å². The number of halogens is 3. The van der Waals surface area contributed by atoms with Gasteiger partial charge in [-0.05, 0) is 56.3 Å². The molecule has 0 amide bonds. The monoisotopic (exact) mass is 230 g/mol. The van der Waals surface area contributed by atoms with Gasteiger partial charge in [-0.25, -0.2) is 13.2 Å². The zero-order valence-corrected chi connectivity index (χ0v) is 9.43. The van der Waals surface area contributed by atoms with E-state index < -0.39 is 17.5 Å². The molecule has 7 atom stereocenters. The molecule has 7 unspecified atom stereocenters. The summed E-state index contributed by atoms with van der Waals surface area (Å²) in [6.45, 7) is 1.15. The molecule has 0 nitrogen and oxygen atoms in total. The molecule has 0 aromatic heterocycles. The minimum atomic E-state index is -3.07. The first-order valence-corrected chi connectivity index (χ1v) is 6.51. The normalized spacial score (nSPS) is 65.2. The van der Waals surface area contributed by atoms with Gasteiger partial charge >= 0.3 is 0 Å². The molecule has 4 rings (SSSR count). The second-order valence-corrected chi connectivity index (χ2v) is 6.64. The van der Waals surface area contributed by atoms with Crippen molar-refractivity contribution in [1.82, 2.24) is 0 Å². The molecule has 0 spiro atoms. The van der Waals surface area contributed by atoms with Gasteiger partial charge in [0, 0.05) is 11.8 Å². The van der Waals surface area contributed by atoms with Crippen LogP contribution in [0.15, 0.2) is 0 Å². The average molecular weight is 230 g/mol. The zero-order valence-electron chi connectivity index (χ0n) is 9.43. The SMILES string of the molecule is CC1(F)C2CC(C3C4CCC(C4)C32)C1(F)F. The molecule has 4 aliphatic rings. The summed E-state index contributed by atoms with van der Waals surface area (Å²) >= 11 is 0. The molecule has 0 aromatic carbocycles. The first-order chi connectivity index (χ1) is 7.44. The quantitative estimate of drug-likeness (QED) is 0.557. The zero-order chi connectivity index (χ0) is 11.3. The Labute approximate surface area is 93.6 Å². The van der Waals surface area contributed by atoms with E-state index in [-0.39, 0.29) is 11.8 Å². The molecule has 90 valence electrons. The molecule has 0 N–H and O–H groups in total. The van der Waals surface area contributed by atoms with E-state index in [1.54, 1.807) is 0 Å². The Hall–Kier alpha value is -0.210. The van der Waals surface area contributed by atoms with Gasteiger partial charge < -0.3 is 0 Å². The fraction of sp³-hybridized carbons (Fsp3) is 1.00. The van der Waals surface area contributed by atoms with Gasteiger partial charge in [0.25, 0.3) is 5.92 Å². The van der Waals surface area contributed by atoms with Crippen LogP contribution in [0.1, 0.15) is 32.6 Å². The molecule has 4 bridgehead atoms. The van der Waals surface area contributed by atoms with Crippen LogP contribution < -0.4 is 0 Å². The third kappa shape index (κ3) is 0.780. The van der Waals surface area contributed by atoms with Crippen LogP contribution in [0.3, 0.4) is 0 Å². The predicted molar refractivity (Wildman–Crippen MR) is 53.9 cm³/mol. The highest BCUT2D eigenvalue weighted by molar-refractivity contribution is 5.21. The van der Waals surface area contributed by atoms with Gasteiger partial charge in [0.1, 0.15) is 0 Å². The number of hydrogen-bond donors (Lipinski definition) is 0. The Bertz CT molecular complexity index is 317. The lowest BCUT2D eigenvalue weighted by molar-refractivity contribution is -0.195. The summed E-state index contributed by atoms with van der Waals surface area (Å²) in [4.78, 5) is 0. The maximum Gasteiger partial charge on any atom is 0.284 e. The van der Waals surface area contributed by atoms with E-state index in [1.807, 2.05) is 0 Å². The highest BCUT2D eigenvalue weighted by atomic mass is 19.3. The van der Waals surface area contributed by atoms with Crippen LogP contribution in [-0.4, -0.2) is 11.6 Å². The Morgan fingerprint density at radius 2 is 1.44 bits per heavy atom. The van der Waals surface area contributed by atoms with E-state index in [2.05, 4.69) is 0 Å². The van der Waals surface area contributed by atoms with Crippen LogP contribution in [0.2, 0.25) is 0 Å². The van der Waals surface area contributed by atoms with Crippen molar-refractivity contribution in [3.63, 3.8) is 0 Å². The van der Waals surface area contributed by atoms with E-state index in [0.717, 1.165) is 26.2 Å². The molecule has 16 heavy (non-hydrogen) atoms. The van der Waals surface area contributed by atoms with Gasteiger partial charge in [-0.15, -0.1) is 0 Å². The molecule has 0 saturated heterocycles. The summed E-state index contributed by atoms with van der Waals surface area (Å²) in [6, 6.07) is 0. The predicted octanol–water partition coefficient (Wildman–Crippen LogP) is 3.66. The summed E-state index contributed by atoms with van der Waals surface area (Å²) in [5.74, 6) is -2.56. The number of alkyl halides is 3. The lowest BCUT2D eigenvalue weighted by Crippen LogP contribution is -2.54. The van der Waals surface area contributed by atoms with E-state index in [9.17, 15) is 13.2 Å². The molecule has 0 aromatic rings. The average Bonchev–Trinajstić information content (AvgIpc) is 2.89. The summed E-state index contributed by atoms with van der Waals surface area (Å²) < 4.78 is 42.3. The third-order valence-electron chi connectivity index (χ3n) is 6.30. The van der Waals surface area contributed by atoms with Crippen molar-refractivity contribution in [1.29, 1.82) is 0 Å². The largest absolute Gasteiger partial charge is 0.284 e. The Balaban J connectivity index is 1.80.